The average Bonchev–Trinajstić information content (AvgIpc) is 3.37. The molecule has 1 atom stereocenters. The number of carbonyl (C=O) groups excluding carboxylic acids is 1. The second kappa shape index (κ2) is 8.37. The zero-order valence-electron chi connectivity index (χ0n) is 18.5. The van der Waals surface area contributed by atoms with Gasteiger partial charge in [0.2, 0.25) is 6.79 Å². The smallest absolute Gasteiger partial charge is 0.338 e. The van der Waals surface area contributed by atoms with Crippen LogP contribution in [-0.4, -0.2) is 23.9 Å². The second-order valence-electron chi connectivity index (χ2n) is 7.83. The van der Waals surface area contributed by atoms with E-state index in [0.717, 1.165) is 16.7 Å². The van der Waals surface area contributed by atoms with Crippen molar-refractivity contribution < 1.29 is 19.0 Å². The number of carbonyl (C=O) groups is 1. The number of aromatic nitrogens is 1. The lowest BCUT2D eigenvalue weighted by molar-refractivity contribution is -0.139. The Bertz CT molecular complexity index is 1460. The summed E-state index contributed by atoms with van der Waals surface area (Å²) in [5, 5.41) is 0. The Balaban J connectivity index is 1.69. The Hall–Kier alpha value is -3.65. The molecule has 3 heterocycles. The van der Waals surface area contributed by atoms with E-state index in [1.54, 1.807) is 24.5 Å². The highest BCUT2D eigenvalue weighted by atomic mass is 32.1. The number of esters is 1. The minimum atomic E-state index is -0.611. The number of ether oxygens (including phenoxy) is 3. The highest BCUT2D eigenvalue weighted by molar-refractivity contribution is 7.07. The molecule has 0 spiro atoms. The normalized spacial score (nSPS) is 17.1. The molecule has 0 radical (unpaired) electrons. The third kappa shape index (κ3) is 3.76. The van der Waals surface area contributed by atoms with Crippen molar-refractivity contribution in [1.82, 2.24) is 4.57 Å². The lowest BCUT2D eigenvalue weighted by Crippen LogP contribution is -2.39. The molecule has 33 heavy (non-hydrogen) atoms. The van der Waals surface area contributed by atoms with Gasteiger partial charge in [0, 0.05) is 0 Å². The van der Waals surface area contributed by atoms with Gasteiger partial charge in [-0.1, -0.05) is 47.2 Å². The first-order valence-corrected chi connectivity index (χ1v) is 11.4. The van der Waals surface area contributed by atoms with Gasteiger partial charge in [-0.15, -0.1) is 0 Å². The van der Waals surface area contributed by atoms with Crippen LogP contribution < -0.4 is 24.4 Å². The van der Waals surface area contributed by atoms with Gasteiger partial charge in [-0.2, -0.15) is 0 Å². The topological polar surface area (TPSA) is 79.1 Å². The summed E-state index contributed by atoms with van der Waals surface area (Å²) in [6.07, 6.45) is 1.81. The number of nitrogens with zero attached hydrogens (tertiary/aromatic N) is 2. The maximum atomic E-state index is 13.6. The predicted molar refractivity (Wildman–Crippen MR) is 124 cm³/mol. The van der Waals surface area contributed by atoms with E-state index in [9.17, 15) is 9.59 Å². The Labute approximate surface area is 193 Å². The molecule has 2 aromatic carbocycles. The monoisotopic (exact) mass is 462 g/mol. The summed E-state index contributed by atoms with van der Waals surface area (Å²) in [5.41, 5.74) is 3.45. The van der Waals surface area contributed by atoms with Gasteiger partial charge in [0.1, 0.15) is 0 Å². The largest absolute Gasteiger partial charge is 0.463 e. The molecule has 0 saturated carbocycles. The molecule has 0 aliphatic carbocycles. The number of fused-ring (bicyclic) bond motifs is 2. The summed E-state index contributed by atoms with van der Waals surface area (Å²) in [6.45, 7) is 5.96. The maximum absolute atomic E-state index is 13.6. The number of hydrogen-bond acceptors (Lipinski definition) is 7. The zero-order chi connectivity index (χ0) is 23.1. The molecule has 0 N–H and O–H groups in total. The predicted octanol–water partition coefficient (Wildman–Crippen LogP) is 2.84. The van der Waals surface area contributed by atoms with Crippen molar-refractivity contribution in [2.45, 2.75) is 26.8 Å². The number of allylic oxidation sites excluding steroid dienone is 1. The molecular weight excluding hydrogens is 440 g/mol. The van der Waals surface area contributed by atoms with Crippen LogP contribution in [0.3, 0.4) is 0 Å². The van der Waals surface area contributed by atoms with Crippen molar-refractivity contribution in [1.29, 1.82) is 0 Å². The zero-order valence-corrected chi connectivity index (χ0v) is 19.3. The first kappa shape index (κ1) is 21.2. The summed E-state index contributed by atoms with van der Waals surface area (Å²) in [5.74, 6) is 0.867. The molecule has 5 rings (SSSR count). The van der Waals surface area contributed by atoms with Crippen LogP contribution in [-0.2, 0) is 9.53 Å². The van der Waals surface area contributed by atoms with Gasteiger partial charge in [-0.3, -0.25) is 9.36 Å². The van der Waals surface area contributed by atoms with Crippen LogP contribution in [0.1, 0.15) is 36.6 Å². The van der Waals surface area contributed by atoms with Crippen LogP contribution in [0.25, 0.3) is 6.08 Å². The van der Waals surface area contributed by atoms with Crippen molar-refractivity contribution in [2.24, 2.45) is 4.99 Å². The van der Waals surface area contributed by atoms with E-state index in [0.29, 0.717) is 32.1 Å². The average molecular weight is 463 g/mol. The highest BCUT2D eigenvalue weighted by Crippen LogP contribution is 2.33. The minimum Gasteiger partial charge on any atom is -0.463 e. The van der Waals surface area contributed by atoms with E-state index < -0.39 is 12.0 Å². The van der Waals surface area contributed by atoms with Gasteiger partial charge < -0.3 is 14.2 Å². The summed E-state index contributed by atoms with van der Waals surface area (Å²) in [4.78, 5) is 31.6. The molecule has 8 heteroatoms. The third-order valence-corrected chi connectivity index (χ3v) is 6.59. The first-order valence-electron chi connectivity index (χ1n) is 10.6. The Kier molecular flexibility index (Phi) is 5.38. The molecule has 2 aliphatic heterocycles. The van der Waals surface area contributed by atoms with Crippen molar-refractivity contribution >= 4 is 23.4 Å². The molecule has 0 amide bonds. The fourth-order valence-electron chi connectivity index (χ4n) is 4.01. The van der Waals surface area contributed by atoms with Crippen molar-refractivity contribution in [3.8, 4) is 11.5 Å². The van der Waals surface area contributed by atoms with Gasteiger partial charge in [0.15, 0.2) is 16.3 Å². The van der Waals surface area contributed by atoms with Gasteiger partial charge in [0.05, 0.1) is 28.5 Å². The standard InChI is InChI=1S/C25H22N2O5S/c1-4-30-24(29)21-15(3)26-25-27(22(21)17-8-5-14(2)6-9-17)23(28)20(33-25)12-16-7-10-18-19(11-16)32-13-31-18/h5-12,22H,4,13H2,1-3H3. The molecule has 1 unspecified atom stereocenters. The maximum Gasteiger partial charge on any atom is 0.338 e. The quantitative estimate of drug-likeness (QED) is 0.557. The van der Waals surface area contributed by atoms with Crippen LogP contribution in [0.15, 0.2) is 63.5 Å². The number of hydrogen-bond donors (Lipinski definition) is 0. The van der Waals surface area contributed by atoms with Crippen LogP contribution in [0, 0.1) is 6.92 Å². The summed E-state index contributed by atoms with van der Waals surface area (Å²) in [7, 11) is 0. The second-order valence-corrected chi connectivity index (χ2v) is 8.83. The molecule has 2 aliphatic rings. The van der Waals surface area contributed by atoms with Gasteiger partial charge in [-0.05, 0) is 50.1 Å². The van der Waals surface area contributed by atoms with E-state index in [1.165, 1.54) is 11.3 Å². The van der Waals surface area contributed by atoms with E-state index >= 15 is 0 Å². The molecule has 168 valence electrons. The fourth-order valence-corrected chi connectivity index (χ4v) is 5.06. The fraction of sp³-hybridized carbons (Fsp3) is 0.240. The Morgan fingerprint density at radius 2 is 1.94 bits per heavy atom. The molecule has 3 aromatic rings. The molecule has 1 aromatic heterocycles. The summed E-state index contributed by atoms with van der Waals surface area (Å²) in [6, 6.07) is 12.7. The Morgan fingerprint density at radius 1 is 1.18 bits per heavy atom. The number of aryl methyl sites for hydroxylation is 1. The van der Waals surface area contributed by atoms with Crippen molar-refractivity contribution in [3.63, 3.8) is 0 Å². The lowest BCUT2D eigenvalue weighted by atomic mass is 9.95. The Morgan fingerprint density at radius 3 is 2.70 bits per heavy atom. The number of rotatable bonds is 4. The molecule has 0 bridgehead atoms. The van der Waals surface area contributed by atoms with Gasteiger partial charge >= 0.3 is 5.97 Å². The van der Waals surface area contributed by atoms with Crippen LogP contribution in [0.2, 0.25) is 0 Å². The van der Waals surface area contributed by atoms with Crippen LogP contribution >= 0.6 is 11.3 Å². The first-order chi connectivity index (χ1) is 16.0. The van der Waals surface area contributed by atoms with E-state index in [4.69, 9.17) is 14.2 Å². The van der Waals surface area contributed by atoms with Gasteiger partial charge in [-0.25, -0.2) is 9.79 Å². The third-order valence-electron chi connectivity index (χ3n) is 5.60. The van der Waals surface area contributed by atoms with Crippen LogP contribution in [0.4, 0.5) is 0 Å². The highest BCUT2D eigenvalue weighted by Gasteiger charge is 2.33. The lowest BCUT2D eigenvalue weighted by Gasteiger charge is -2.24. The summed E-state index contributed by atoms with van der Waals surface area (Å²) < 4.78 is 18.3. The molecule has 0 fully saturated rings. The van der Waals surface area contributed by atoms with Crippen LogP contribution in [0.5, 0.6) is 11.5 Å². The van der Waals surface area contributed by atoms with Gasteiger partial charge in [0.25, 0.3) is 5.56 Å². The van der Waals surface area contributed by atoms with Crippen molar-refractivity contribution in [3.05, 3.63) is 90.1 Å². The molecule has 0 saturated heterocycles. The number of thiazole rings is 1. The van der Waals surface area contributed by atoms with E-state index in [1.807, 2.05) is 49.4 Å². The van der Waals surface area contributed by atoms with E-state index in [2.05, 4.69) is 4.99 Å². The summed E-state index contributed by atoms with van der Waals surface area (Å²) >= 11 is 1.29. The molecular formula is C25H22N2O5S. The van der Waals surface area contributed by atoms with E-state index in [-0.39, 0.29) is 19.0 Å². The minimum absolute atomic E-state index is 0.188. The van der Waals surface area contributed by atoms with Crippen molar-refractivity contribution in [2.75, 3.05) is 13.4 Å². The number of benzene rings is 2. The molecule has 7 nitrogen and oxygen atoms in total. The SMILES string of the molecule is CCOC(=O)C1=C(C)N=c2sc(=Cc3ccc4c(c3)OCO4)c(=O)n2C1c1ccc(C)cc1.